The van der Waals surface area contributed by atoms with Gasteiger partial charge in [-0.05, 0) is 24.5 Å². The average Bonchev–Trinajstić information content (AvgIpc) is 2.36. The van der Waals surface area contributed by atoms with Crippen LogP contribution < -0.4 is 5.32 Å². The van der Waals surface area contributed by atoms with Crippen LogP contribution in [0.15, 0.2) is 24.3 Å². The van der Waals surface area contributed by atoms with Crippen molar-refractivity contribution in [1.29, 1.82) is 0 Å². The lowest BCUT2D eigenvalue weighted by molar-refractivity contribution is 0.0909. The van der Waals surface area contributed by atoms with Gasteiger partial charge < -0.3 is 10.4 Å². The smallest absolute Gasteiger partial charge is 0.251 e. The summed E-state index contributed by atoms with van der Waals surface area (Å²) in [4.78, 5) is 11.9. The Bertz CT molecular complexity index is 363. The molecule has 1 unspecified atom stereocenters. The summed E-state index contributed by atoms with van der Waals surface area (Å²) in [5.41, 5.74) is 1.74. The van der Waals surface area contributed by atoms with Crippen LogP contribution in [-0.4, -0.2) is 23.7 Å². The maximum Gasteiger partial charge on any atom is 0.251 e. The number of aliphatic hydroxyl groups excluding tert-OH is 1. The lowest BCUT2D eigenvalue weighted by Gasteiger charge is -2.12. The van der Waals surface area contributed by atoms with Gasteiger partial charge in [0.2, 0.25) is 0 Å². The molecule has 0 bridgehead atoms. The second-order valence-corrected chi connectivity index (χ2v) is 4.16. The molecular formula is C14H21NO2. The van der Waals surface area contributed by atoms with Gasteiger partial charge in [-0.25, -0.2) is 0 Å². The molecule has 1 aromatic carbocycles. The molecule has 17 heavy (non-hydrogen) atoms. The van der Waals surface area contributed by atoms with E-state index in [2.05, 4.69) is 5.32 Å². The maximum absolute atomic E-state index is 11.9. The van der Waals surface area contributed by atoms with Gasteiger partial charge in [0.25, 0.3) is 5.91 Å². The van der Waals surface area contributed by atoms with Gasteiger partial charge in [0.05, 0.1) is 6.10 Å². The van der Waals surface area contributed by atoms with E-state index >= 15 is 0 Å². The van der Waals surface area contributed by atoms with Crippen LogP contribution >= 0.6 is 0 Å². The largest absolute Gasteiger partial charge is 0.391 e. The Morgan fingerprint density at radius 1 is 1.35 bits per heavy atom. The third-order valence-electron chi connectivity index (χ3n) is 2.76. The van der Waals surface area contributed by atoms with E-state index < -0.39 is 6.10 Å². The molecule has 0 spiro atoms. The van der Waals surface area contributed by atoms with Gasteiger partial charge in [-0.3, -0.25) is 4.79 Å². The number of benzene rings is 1. The van der Waals surface area contributed by atoms with Crippen LogP contribution in [0.25, 0.3) is 0 Å². The lowest BCUT2D eigenvalue weighted by Crippen LogP contribution is -2.32. The van der Waals surface area contributed by atoms with E-state index in [-0.39, 0.29) is 5.91 Å². The van der Waals surface area contributed by atoms with E-state index in [1.165, 1.54) is 0 Å². The summed E-state index contributed by atoms with van der Waals surface area (Å²) in [6.07, 6.45) is 2.03. The van der Waals surface area contributed by atoms with Crippen LogP contribution in [0.1, 0.15) is 42.6 Å². The second-order valence-electron chi connectivity index (χ2n) is 4.16. The molecule has 0 aromatic heterocycles. The number of rotatable bonds is 6. The molecular weight excluding hydrogens is 214 g/mol. The highest BCUT2D eigenvalue weighted by molar-refractivity contribution is 5.95. The molecule has 1 rings (SSSR count). The van der Waals surface area contributed by atoms with Crippen LogP contribution in [0.5, 0.6) is 0 Å². The Hall–Kier alpha value is -1.35. The predicted octanol–water partition coefficient (Wildman–Crippen LogP) is 2.14. The van der Waals surface area contributed by atoms with Crippen molar-refractivity contribution in [2.45, 2.75) is 39.2 Å². The number of aryl methyl sites for hydroxylation is 1. The summed E-state index contributed by atoms with van der Waals surface area (Å²) in [5.74, 6) is -0.0994. The summed E-state index contributed by atoms with van der Waals surface area (Å²) in [6, 6.07) is 7.57. The van der Waals surface area contributed by atoms with Crippen molar-refractivity contribution in [3.8, 4) is 0 Å². The van der Waals surface area contributed by atoms with E-state index in [1.807, 2.05) is 38.1 Å². The minimum absolute atomic E-state index is 0.0994. The van der Waals surface area contributed by atoms with Crippen molar-refractivity contribution in [2.75, 3.05) is 6.54 Å². The molecule has 3 nitrogen and oxygen atoms in total. The molecule has 1 aromatic rings. The first-order valence-corrected chi connectivity index (χ1v) is 6.23. The minimum atomic E-state index is -0.447. The number of aliphatic hydroxyl groups is 1. The van der Waals surface area contributed by atoms with Crippen molar-refractivity contribution in [2.24, 2.45) is 0 Å². The molecule has 3 heteroatoms. The van der Waals surface area contributed by atoms with Crippen LogP contribution in [0.3, 0.4) is 0 Å². The molecule has 1 atom stereocenters. The van der Waals surface area contributed by atoms with Crippen LogP contribution in [0, 0.1) is 0 Å². The van der Waals surface area contributed by atoms with Gasteiger partial charge >= 0.3 is 0 Å². The standard InChI is InChI=1S/C14H21NO2/c1-3-7-12(16)10-15-14(17)13-9-6-5-8-11(13)4-2/h5-6,8-9,12,16H,3-4,7,10H2,1-2H3,(H,15,17). The van der Waals surface area contributed by atoms with Gasteiger partial charge in [0.1, 0.15) is 0 Å². The molecule has 0 saturated carbocycles. The Labute approximate surface area is 103 Å². The number of hydrogen-bond acceptors (Lipinski definition) is 2. The van der Waals surface area contributed by atoms with E-state index in [9.17, 15) is 9.90 Å². The first-order chi connectivity index (χ1) is 8.19. The highest BCUT2D eigenvalue weighted by atomic mass is 16.3. The van der Waals surface area contributed by atoms with Crippen molar-refractivity contribution in [3.05, 3.63) is 35.4 Å². The molecule has 0 fully saturated rings. The van der Waals surface area contributed by atoms with Gasteiger partial charge in [0.15, 0.2) is 0 Å². The molecule has 1 amide bonds. The fourth-order valence-corrected chi connectivity index (χ4v) is 1.79. The van der Waals surface area contributed by atoms with E-state index in [4.69, 9.17) is 0 Å². The first kappa shape index (κ1) is 13.7. The summed E-state index contributed by atoms with van der Waals surface area (Å²) in [7, 11) is 0. The number of hydrogen-bond donors (Lipinski definition) is 2. The van der Waals surface area contributed by atoms with Gasteiger partial charge in [-0.15, -0.1) is 0 Å². The third-order valence-corrected chi connectivity index (χ3v) is 2.76. The molecule has 0 radical (unpaired) electrons. The molecule has 0 aliphatic rings. The summed E-state index contributed by atoms with van der Waals surface area (Å²) in [6.45, 7) is 4.36. The topological polar surface area (TPSA) is 49.3 Å². The molecule has 2 N–H and O–H groups in total. The Balaban J connectivity index is 2.58. The Morgan fingerprint density at radius 2 is 2.06 bits per heavy atom. The van der Waals surface area contributed by atoms with Gasteiger partial charge in [0, 0.05) is 12.1 Å². The average molecular weight is 235 g/mol. The second kappa shape index (κ2) is 7.07. The highest BCUT2D eigenvalue weighted by Crippen LogP contribution is 2.09. The van der Waals surface area contributed by atoms with E-state index in [0.29, 0.717) is 12.1 Å². The van der Waals surface area contributed by atoms with Crippen molar-refractivity contribution in [3.63, 3.8) is 0 Å². The van der Waals surface area contributed by atoms with Crippen LogP contribution in [-0.2, 0) is 6.42 Å². The highest BCUT2D eigenvalue weighted by Gasteiger charge is 2.10. The molecule has 0 aliphatic carbocycles. The first-order valence-electron chi connectivity index (χ1n) is 6.23. The fourth-order valence-electron chi connectivity index (χ4n) is 1.79. The van der Waals surface area contributed by atoms with Gasteiger partial charge in [-0.2, -0.15) is 0 Å². The zero-order valence-corrected chi connectivity index (χ0v) is 10.6. The SMILES string of the molecule is CCCC(O)CNC(=O)c1ccccc1CC. The monoisotopic (exact) mass is 235 g/mol. The van der Waals surface area contributed by atoms with Crippen LogP contribution in [0.2, 0.25) is 0 Å². The van der Waals surface area contributed by atoms with Crippen molar-refractivity contribution in [1.82, 2.24) is 5.32 Å². The summed E-state index contributed by atoms with van der Waals surface area (Å²) >= 11 is 0. The third kappa shape index (κ3) is 4.19. The molecule has 0 saturated heterocycles. The number of carbonyl (C=O) groups excluding carboxylic acids is 1. The molecule has 0 aliphatic heterocycles. The number of nitrogens with one attached hydrogen (secondary N) is 1. The quantitative estimate of drug-likeness (QED) is 0.793. The Kier molecular flexibility index (Phi) is 5.70. The lowest BCUT2D eigenvalue weighted by atomic mass is 10.0. The molecule has 0 heterocycles. The Morgan fingerprint density at radius 3 is 2.71 bits per heavy atom. The van der Waals surface area contributed by atoms with Crippen LogP contribution in [0.4, 0.5) is 0 Å². The molecule has 94 valence electrons. The van der Waals surface area contributed by atoms with Crippen molar-refractivity contribution >= 4 is 5.91 Å². The minimum Gasteiger partial charge on any atom is -0.391 e. The fraction of sp³-hybridized carbons (Fsp3) is 0.500. The normalized spacial score (nSPS) is 12.2. The van der Waals surface area contributed by atoms with Gasteiger partial charge in [-0.1, -0.05) is 38.5 Å². The number of amides is 1. The number of carbonyl (C=O) groups is 1. The maximum atomic E-state index is 11.9. The van der Waals surface area contributed by atoms with E-state index in [0.717, 1.165) is 24.8 Å². The summed E-state index contributed by atoms with van der Waals surface area (Å²) in [5, 5.41) is 12.3. The van der Waals surface area contributed by atoms with E-state index in [1.54, 1.807) is 0 Å². The zero-order chi connectivity index (χ0) is 12.7. The summed E-state index contributed by atoms with van der Waals surface area (Å²) < 4.78 is 0. The predicted molar refractivity (Wildman–Crippen MR) is 69.1 cm³/mol. The zero-order valence-electron chi connectivity index (χ0n) is 10.6. The van der Waals surface area contributed by atoms with Crippen molar-refractivity contribution < 1.29 is 9.90 Å².